The molecule has 0 atom stereocenters. The van der Waals surface area contributed by atoms with E-state index in [0.717, 1.165) is 4.90 Å². The van der Waals surface area contributed by atoms with Crippen molar-refractivity contribution in [3.05, 3.63) is 29.4 Å². The Morgan fingerprint density at radius 2 is 1.97 bits per heavy atom. The van der Waals surface area contributed by atoms with Gasteiger partial charge in [-0.3, -0.25) is 9.48 Å². The van der Waals surface area contributed by atoms with Gasteiger partial charge in [-0.05, 0) is 23.6 Å². The number of carbonyl (C=O) groups is 1. The van der Waals surface area contributed by atoms with Crippen LogP contribution in [-0.2, 0) is 11.8 Å². The summed E-state index contributed by atoms with van der Waals surface area (Å²) < 4.78 is 46.8. The van der Waals surface area contributed by atoms with Crippen molar-refractivity contribution in [2.75, 3.05) is 24.6 Å². The average molecular weight is 433 g/mol. The zero-order chi connectivity index (χ0) is 22.0. The molecule has 0 aliphatic carbocycles. The number of nitrogens with zero attached hydrogens (tertiary/aromatic N) is 3. The third kappa shape index (κ3) is 5.63. The van der Waals surface area contributed by atoms with Crippen LogP contribution >= 0.6 is 11.6 Å². The highest BCUT2D eigenvalue weighted by Crippen LogP contribution is 2.38. The zero-order valence-electron chi connectivity index (χ0n) is 16.7. The Hall–Kier alpha value is -2.26. The van der Waals surface area contributed by atoms with Crippen molar-refractivity contribution in [3.8, 4) is 17.0 Å². The SMILES string of the molecule is Cn1ncc(Cl)c1-c1cc(N(CC(C)(C)C)C(=O)C(F)(F)F)ccc1OCCN. The molecule has 0 unspecified atom stereocenters. The van der Waals surface area contributed by atoms with Crippen molar-refractivity contribution in [1.82, 2.24) is 9.78 Å². The lowest BCUT2D eigenvalue weighted by Gasteiger charge is -2.31. The van der Waals surface area contributed by atoms with Crippen LogP contribution in [0.2, 0.25) is 5.02 Å². The van der Waals surface area contributed by atoms with E-state index in [2.05, 4.69) is 5.10 Å². The van der Waals surface area contributed by atoms with Crippen LogP contribution in [0.15, 0.2) is 24.4 Å². The number of benzene rings is 1. The first-order valence-corrected chi connectivity index (χ1v) is 9.26. The normalized spacial score (nSPS) is 12.2. The summed E-state index contributed by atoms with van der Waals surface area (Å²) in [5, 5.41) is 4.36. The molecule has 0 saturated heterocycles. The second-order valence-electron chi connectivity index (χ2n) is 7.73. The molecular weight excluding hydrogens is 409 g/mol. The third-order valence-corrected chi connectivity index (χ3v) is 4.20. The van der Waals surface area contributed by atoms with E-state index in [-0.39, 0.29) is 25.4 Å². The second-order valence-corrected chi connectivity index (χ2v) is 8.14. The summed E-state index contributed by atoms with van der Waals surface area (Å²) in [5.41, 5.74) is 5.87. The fourth-order valence-electron chi connectivity index (χ4n) is 2.79. The second kappa shape index (κ2) is 8.62. The first-order valence-electron chi connectivity index (χ1n) is 8.88. The molecule has 1 aromatic carbocycles. The molecule has 0 fully saturated rings. The molecule has 2 rings (SSSR count). The maximum Gasteiger partial charge on any atom is 0.471 e. The van der Waals surface area contributed by atoms with E-state index in [9.17, 15) is 18.0 Å². The molecule has 0 saturated carbocycles. The van der Waals surface area contributed by atoms with Gasteiger partial charge in [-0.25, -0.2) is 0 Å². The van der Waals surface area contributed by atoms with Crippen LogP contribution in [-0.4, -0.2) is 41.6 Å². The molecular formula is C19H24ClF3N4O2. The van der Waals surface area contributed by atoms with Crippen molar-refractivity contribution in [2.24, 2.45) is 18.2 Å². The van der Waals surface area contributed by atoms with Gasteiger partial charge < -0.3 is 15.4 Å². The number of alkyl halides is 3. The molecule has 160 valence electrons. The Labute approximate surface area is 172 Å². The van der Waals surface area contributed by atoms with Crippen molar-refractivity contribution >= 4 is 23.2 Å². The highest BCUT2D eigenvalue weighted by atomic mass is 35.5. The molecule has 0 spiro atoms. The highest BCUT2D eigenvalue weighted by Gasteiger charge is 2.44. The van der Waals surface area contributed by atoms with E-state index in [4.69, 9.17) is 22.1 Å². The topological polar surface area (TPSA) is 73.4 Å². The monoisotopic (exact) mass is 432 g/mol. The van der Waals surface area contributed by atoms with E-state index >= 15 is 0 Å². The summed E-state index contributed by atoms with van der Waals surface area (Å²) in [4.78, 5) is 12.9. The lowest BCUT2D eigenvalue weighted by molar-refractivity contribution is -0.170. The minimum Gasteiger partial charge on any atom is -0.492 e. The maximum atomic E-state index is 13.2. The zero-order valence-corrected chi connectivity index (χ0v) is 17.4. The van der Waals surface area contributed by atoms with Gasteiger partial charge in [0.2, 0.25) is 0 Å². The average Bonchev–Trinajstić information content (AvgIpc) is 2.94. The molecule has 1 heterocycles. The van der Waals surface area contributed by atoms with Crippen LogP contribution in [0.3, 0.4) is 0 Å². The Morgan fingerprint density at radius 1 is 1.31 bits per heavy atom. The number of carbonyl (C=O) groups excluding carboxylic acids is 1. The number of anilines is 1. The molecule has 1 amide bonds. The first kappa shape index (κ1) is 23.0. The quantitative estimate of drug-likeness (QED) is 0.748. The van der Waals surface area contributed by atoms with Gasteiger partial charge >= 0.3 is 12.1 Å². The minimum atomic E-state index is -5.01. The van der Waals surface area contributed by atoms with Crippen molar-refractivity contribution < 1.29 is 22.7 Å². The minimum absolute atomic E-state index is 0.0783. The number of halogens is 4. The number of hydrogen-bond acceptors (Lipinski definition) is 4. The molecule has 0 aliphatic heterocycles. The number of nitrogens with two attached hydrogens (primary N) is 1. The van der Waals surface area contributed by atoms with E-state index < -0.39 is 17.5 Å². The Balaban J connectivity index is 2.64. The van der Waals surface area contributed by atoms with Gasteiger partial charge in [0.25, 0.3) is 0 Å². The molecule has 0 aliphatic rings. The molecule has 2 aromatic rings. The summed E-state index contributed by atoms with van der Waals surface area (Å²) in [7, 11) is 1.65. The molecule has 0 radical (unpaired) electrons. The van der Waals surface area contributed by atoms with Crippen LogP contribution in [0.4, 0.5) is 18.9 Å². The lowest BCUT2D eigenvalue weighted by atomic mass is 9.95. The fraction of sp³-hybridized carbons (Fsp3) is 0.474. The van der Waals surface area contributed by atoms with Crippen LogP contribution in [0.1, 0.15) is 20.8 Å². The molecule has 6 nitrogen and oxygen atoms in total. The predicted molar refractivity (Wildman–Crippen MR) is 106 cm³/mol. The molecule has 29 heavy (non-hydrogen) atoms. The van der Waals surface area contributed by atoms with Crippen molar-refractivity contribution in [3.63, 3.8) is 0 Å². The largest absolute Gasteiger partial charge is 0.492 e. The van der Waals surface area contributed by atoms with E-state index in [1.165, 1.54) is 29.1 Å². The van der Waals surface area contributed by atoms with E-state index in [1.54, 1.807) is 27.8 Å². The summed E-state index contributed by atoms with van der Waals surface area (Å²) in [6.07, 6.45) is -3.59. The Morgan fingerprint density at radius 3 is 2.45 bits per heavy atom. The number of hydrogen-bond donors (Lipinski definition) is 1. The summed E-state index contributed by atoms with van der Waals surface area (Å²) in [6, 6.07) is 4.36. The predicted octanol–water partition coefficient (Wildman–Crippen LogP) is 4.02. The number of aromatic nitrogens is 2. The maximum absolute atomic E-state index is 13.2. The smallest absolute Gasteiger partial charge is 0.471 e. The standard InChI is InChI=1S/C19H24ClF3N4O2/c1-18(2,3)11-27(17(28)19(21,22)23)12-5-6-15(29-8-7-24)13(9-12)16-14(20)10-25-26(16)4/h5-6,9-10H,7-8,11,24H2,1-4H3. The van der Waals surface area contributed by atoms with Crippen LogP contribution in [0.25, 0.3) is 11.3 Å². The Kier molecular flexibility index (Phi) is 6.85. The van der Waals surface area contributed by atoms with Crippen LogP contribution < -0.4 is 15.4 Å². The van der Waals surface area contributed by atoms with Gasteiger partial charge in [-0.1, -0.05) is 32.4 Å². The van der Waals surface area contributed by atoms with E-state index in [1.807, 2.05) is 0 Å². The van der Waals surface area contributed by atoms with Gasteiger partial charge in [-0.2, -0.15) is 18.3 Å². The fourth-order valence-corrected chi connectivity index (χ4v) is 3.05. The van der Waals surface area contributed by atoms with Gasteiger partial charge in [0.05, 0.1) is 16.9 Å². The summed E-state index contributed by atoms with van der Waals surface area (Å²) in [5.74, 6) is -1.56. The van der Waals surface area contributed by atoms with Crippen LogP contribution in [0, 0.1) is 5.41 Å². The highest BCUT2D eigenvalue weighted by molar-refractivity contribution is 6.33. The molecule has 0 bridgehead atoms. The van der Waals surface area contributed by atoms with Crippen molar-refractivity contribution in [1.29, 1.82) is 0 Å². The molecule has 2 N–H and O–H groups in total. The molecule has 10 heteroatoms. The first-order chi connectivity index (χ1) is 13.3. The van der Waals surface area contributed by atoms with Gasteiger partial charge in [0.1, 0.15) is 12.4 Å². The van der Waals surface area contributed by atoms with E-state index in [0.29, 0.717) is 22.0 Å². The number of ether oxygens (including phenoxy) is 1. The number of aryl methyl sites for hydroxylation is 1. The van der Waals surface area contributed by atoms with Gasteiger partial charge in [0, 0.05) is 31.4 Å². The molecule has 1 aromatic heterocycles. The summed E-state index contributed by atoms with van der Waals surface area (Å²) >= 11 is 6.24. The van der Waals surface area contributed by atoms with Gasteiger partial charge in [-0.15, -0.1) is 0 Å². The van der Waals surface area contributed by atoms with Crippen LogP contribution in [0.5, 0.6) is 5.75 Å². The number of amides is 1. The lowest BCUT2D eigenvalue weighted by Crippen LogP contribution is -2.45. The van der Waals surface area contributed by atoms with Crippen molar-refractivity contribution in [2.45, 2.75) is 26.9 Å². The number of rotatable bonds is 6. The Bertz CT molecular complexity index is 856. The van der Waals surface area contributed by atoms with Gasteiger partial charge in [0.15, 0.2) is 0 Å². The third-order valence-electron chi connectivity index (χ3n) is 3.92. The summed E-state index contributed by atoms with van der Waals surface area (Å²) in [6.45, 7) is 5.58.